The van der Waals surface area contributed by atoms with Gasteiger partial charge in [0.1, 0.15) is 11.8 Å². The molecule has 0 saturated carbocycles. The lowest BCUT2D eigenvalue weighted by atomic mass is 9.96. The summed E-state index contributed by atoms with van der Waals surface area (Å²) in [4.78, 5) is 28.2. The van der Waals surface area contributed by atoms with E-state index in [1.807, 2.05) is 65.8 Å². The molecule has 2 atom stereocenters. The zero-order valence-corrected chi connectivity index (χ0v) is 17.0. The molecule has 2 amide bonds. The van der Waals surface area contributed by atoms with Gasteiger partial charge >= 0.3 is 0 Å². The molecule has 1 N–H and O–H groups in total. The molecule has 2 rings (SSSR count). The third-order valence-electron chi connectivity index (χ3n) is 4.33. The Bertz CT molecular complexity index is 746. The third kappa shape index (κ3) is 5.22. The maximum absolute atomic E-state index is 13.4. The summed E-state index contributed by atoms with van der Waals surface area (Å²) in [5, 5.41) is 3.02. The van der Waals surface area contributed by atoms with Crippen LogP contribution in [0.5, 0.6) is 0 Å². The van der Waals surface area contributed by atoms with E-state index in [2.05, 4.69) is 5.32 Å². The minimum atomic E-state index is -0.628. The Kier molecular flexibility index (Phi) is 6.47. The Morgan fingerprint density at radius 2 is 1.63 bits per heavy atom. The second-order valence-electron chi connectivity index (χ2n) is 8.20. The van der Waals surface area contributed by atoms with Crippen LogP contribution in [-0.4, -0.2) is 28.3 Å². The molecule has 1 aromatic carbocycles. The lowest BCUT2D eigenvalue weighted by molar-refractivity contribution is -0.129. The largest absolute Gasteiger partial charge is 0.467 e. The fourth-order valence-electron chi connectivity index (χ4n) is 3.13. The number of nitrogens with one attached hydrogen (secondary N) is 1. The van der Waals surface area contributed by atoms with Crippen molar-refractivity contribution >= 4 is 11.8 Å². The molecule has 146 valence electrons. The van der Waals surface area contributed by atoms with E-state index in [4.69, 9.17) is 4.42 Å². The highest BCUT2D eigenvalue weighted by Crippen LogP contribution is 2.28. The molecule has 1 aromatic heterocycles. The van der Waals surface area contributed by atoms with Gasteiger partial charge in [0.25, 0.3) is 5.91 Å². The summed E-state index contributed by atoms with van der Waals surface area (Å²) in [6, 6.07) is 11.6. The van der Waals surface area contributed by atoms with Crippen LogP contribution in [0.15, 0.2) is 53.1 Å². The molecule has 0 aliphatic rings. The van der Waals surface area contributed by atoms with Crippen molar-refractivity contribution in [1.82, 2.24) is 10.2 Å². The van der Waals surface area contributed by atoms with Gasteiger partial charge in [0.15, 0.2) is 0 Å². The third-order valence-corrected chi connectivity index (χ3v) is 4.33. The summed E-state index contributed by atoms with van der Waals surface area (Å²) in [5.74, 6) is 0.216. The van der Waals surface area contributed by atoms with E-state index in [1.165, 1.54) is 0 Å². The summed E-state index contributed by atoms with van der Waals surface area (Å²) in [6.07, 6.45) is 1.58. The number of hydrogen-bond donors (Lipinski definition) is 1. The summed E-state index contributed by atoms with van der Waals surface area (Å²) >= 11 is 0. The molecule has 0 saturated heterocycles. The van der Waals surface area contributed by atoms with Gasteiger partial charge in [0.2, 0.25) is 5.91 Å². The predicted octanol–water partition coefficient (Wildman–Crippen LogP) is 4.42. The van der Waals surface area contributed by atoms with Gasteiger partial charge < -0.3 is 14.6 Å². The van der Waals surface area contributed by atoms with Gasteiger partial charge in [-0.15, -0.1) is 0 Å². The predicted molar refractivity (Wildman–Crippen MR) is 106 cm³/mol. The SMILES string of the molecule is CC(C)[C@H](C(=O)NC(C)(C)C)N(C(=O)c1ccccc1)[C@@H](C)c1ccco1. The molecule has 5 nitrogen and oxygen atoms in total. The van der Waals surface area contributed by atoms with Crippen LogP contribution in [0.2, 0.25) is 0 Å². The van der Waals surface area contributed by atoms with Crippen molar-refractivity contribution in [2.45, 2.75) is 59.2 Å². The maximum atomic E-state index is 13.4. The van der Waals surface area contributed by atoms with E-state index >= 15 is 0 Å². The molecule has 0 aliphatic heterocycles. The Morgan fingerprint density at radius 1 is 1.00 bits per heavy atom. The summed E-state index contributed by atoms with van der Waals surface area (Å²) in [6.45, 7) is 11.6. The number of rotatable bonds is 6. The Morgan fingerprint density at radius 3 is 2.11 bits per heavy atom. The fraction of sp³-hybridized carbons (Fsp3) is 0.455. The van der Waals surface area contributed by atoms with Crippen LogP contribution in [0, 0.1) is 5.92 Å². The monoisotopic (exact) mass is 370 g/mol. The lowest BCUT2D eigenvalue weighted by Crippen LogP contribution is -2.56. The summed E-state index contributed by atoms with van der Waals surface area (Å²) in [7, 11) is 0. The van der Waals surface area contributed by atoms with Gasteiger partial charge in [-0.25, -0.2) is 0 Å². The second kappa shape index (κ2) is 8.42. The number of hydrogen-bond acceptors (Lipinski definition) is 3. The standard InChI is InChI=1S/C22H30N2O3/c1-15(2)19(20(25)23-22(4,5)6)24(16(3)18-13-10-14-27-18)21(26)17-11-8-7-9-12-17/h7-16,19H,1-6H3,(H,23,25)/t16-,19+/m0/s1. The van der Waals surface area contributed by atoms with Crippen LogP contribution in [-0.2, 0) is 4.79 Å². The molecule has 5 heteroatoms. The Hall–Kier alpha value is -2.56. The molecule has 0 spiro atoms. The first-order chi connectivity index (χ1) is 12.6. The molecule has 0 aliphatic carbocycles. The lowest BCUT2D eigenvalue weighted by Gasteiger charge is -2.38. The molecule has 0 fully saturated rings. The zero-order valence-electron chi connectivity index (χ0n) is 17.0. The minimum Gasteiger partial charge on any atom is -0.467 e. The van der Waals surface area contributed by atoms with Crippen molar-refractivity contribution < 1.29 is 14.0 Å². The van der Waals surface area contributed by atoms with Gasteiger partial charge in [-0.3, -0.25) is 9.59 Å². The Balaban J connectivity index is 2.48. The van der Waals surface area contributed by atoms with Crippen molar-refractivity contribution in [2.75, 3.05) is 0 Å². The van der Waals surface area contributed by atoms with Crippen molar-refractivity contribution in [3.8, 4) is 0 Å². The van der Waals surface area contributed by atoms with Crippen molar-refractivity contribution in [2.24, 2.45) is 5.92 Å². The highest BCUT2D eigenvalue weighted by atomic mass is 16.3. The Labute approximate surface area is 161 Å². The van der Waals surface area contributed by atoms with Gasteiger partial charge in [-0.2, -0.15) is 0 Å². The average Bonchev–Trinajstić information content (AvgIpc) is 3.11. The normalized spacial score (nSPS) is 13.9. The number of amides is 2. The first-order valence-corrected chi connectivity index (χ1v) is 9.35. The van der Waals surface area contributed by atoms with Crippen molar-refractivity contribution in [3.63, 3.8) is 0 Å². The number of carbonyl (C=O) groups excluding carboxylic acids is 2. The molecule has 0 radical (unpaired) electrons. The molecule has 1 heterocycles. The van der Waals surface area contributed by atoms with E-state index in [0.717, 1.165) is 0 Å². The molecule has 0 unspecified atom stereocenters. The first-order valence-electron chi connectivity index (χ1n) is 9.35. The van der Waals surface area contributed by atoms with Gasteiger partial charge in [-0.05, 0) is 57.9 Å². The topological polar surface area (TPSA) is 62.6 Å². The highest BCUT2D eigenvalue weighted by molar-refractivity contribution is 5.98. The molecular formula is C22H30N2O3. The van der Waals surface area contributed by atoms with E-state index in [-0.39, 0.29) is 29.3 Å². The number of benzene rings is 1. The van der Waals surface area contributed by atoms with Crippen LogP contribution in [0.4, 0.5) is 0 Å². The van der Waals surface area contributed by atoms with E-state index in [1.54, 1.807) is 29.4 Å². The van der Waals surface area contributed by atoms with Crippen LogP contribution in [0.25, 0.3) is 0 Å². The van der Waals surface area contributed by atoms with Gasteiger partial charge in [0.05, 0.1) is 12.3 Å². The quantitative estimate of drug-likeness (QED) is 0.818. The highest BCUT2D eigenvalue weighted by Gasteiger charge is 2.38. The average molecular weight is 370 g/mol. The molecular weight excluding hydrogens is 340 g/mol. The van der Waals surface area contributed by atoms with Gasteiger partial charge in [0, 0.05) is 11.1 Å². The number of nitrogens with zero attached hydrogens (tertiary/aromatic N) is 1. The molecule has 0 bridgehead atoms. The fourth-order valence-corrected chi connectivity index (χ4v) is 3.13. The smallest absolute Gasteiger partial charge is 0.255 e. The van der Waals surface area contributed by atoms with E-state index in [9.17, 15) is 9.59 Å². The van der Waals surface area contributed by atoms with Crippen LogP contribution < -0.4 is 5.32 Å². The maximum Gasteiger partial charge on any atom is 0.255 e. The molecule has 27 heavy (non-hydrogen) atoms. The van der Waals surface area contributed by atoms with E-state index in [0.29, 0.717) is 11.3 Å². The van der Waals surface area contributed by atoms with Crippen LogP contribution in [0.3, 0.4) is 0 Å². The summed E-state index contributed by atoms with van der Waals surface area (Å²) < 4.78 is 5.55. The van der Waals surface area contributed by atoms with E-state index < -0.39 is 6.04 Å². The number of carbonyl (C=O) groups is 2. The van der Waals surface area contributed by atoms with Crippen LogP contribution in [0.1, 0.15) is 63.7 Å². The minimum absolute atomic E-state index is 0.0718. The van der Waals surface area contributed by atoms with Crippen molar-refractivity contribution in [1.29, 1.82) is 0 Å². The van der Waals surface area contributed by atoms with Crippen molar-refractivity contribution in [3.05, 3.63) is 60.1 Å². The first kappa shape index (κ1) is 20.7. The second-order valence-corrected chi connectivity index (χ2v) is 8.20. The molecule has 2 aromatic rings. The zero-order chi connectivity index (χ0) is 20.2. The summed E-state index contributed by atoms with van der Waals surface area (Å²) in [5.41, 5.74) is 0.157. The van der Waals surface area contributed by atoms with Gasteiger partial charge in [-0.1, -0.05) is 32.0 Å². The number of furan rings is 1. The van der Waals surface area contributed by atoms with Crippen LogP contribution >= 0.6 is 0 Å².